The second-order valence-electron chi connectivity index (χ2n) is 7.26. The lowest BCUT2D eigenvalue weighted by Gasteiger charge is -2.36. The molecule has 0 saturated carbocycles. The molecule has 0 aliphatic carbocycles. The van der Waals surface area contributed by atoms with E-state index in [1.165, 1.54) is 11.3 Å². The van der Waals surface area contributed by atoms with Gasteiger partial charge in [-0.05, 0) is 31.2 Å². The van der Waals surface area contributed by atoms with Gasteiger partial charge in [0.25, 0.3) is 0 Å². The predicted molar refractivity (Wildman–Crippen MR) is 127 cm³/mol. The van der Waals surface area contributed by atoms with Crippen molar-refractivity contribution < 1.29 is 9.53 Å². The van der Waals surface area contributed by atoms with E-state index < -0.39 is 0 Å². The summed E-state index contributed by atoms with van der Waals surface area (Å²) in [5.74, 6) is 0.872. The molecule has 0 unspecified atom stereocenters. The van der Waals surface area contributed by atoms with E-state index in [9.17, 15) is 4.79 Å². The molecule has 3 aromatic rings. The van der Waals surface area contributed by atoms with Gasteiger partial charge in [-0.25, -0.2) is 4.98 Å². The van der Waals surface area contributed by atoms with E-state index in [1.54, 1.807) is 0 Å². The Labute approximate surface area is 191 Å². The van der Waals surface area contributed by atoms with Crippen molar-refractivity contribution in [1.82, 2.24) is 9.88 Å². The van der Waals surface area contributed by atoms with E-state index in [2.05, 4.69) is 26.2 Å². The SMILES string of the molecule is CCOc1ccccc1N1CCN(CC(=O)Nc2nc(-c3ccc(Cl)cc3)cs2)CC1. The summed E-state index contributed by atoms with van der Waals surface area (Å²) < 4.78 is 5.76. The van der Waals surface area contributed by atoms with E-state index in [-0.39, 0.29) is 5.91 Å². The summed E-state index contributed by atoms with van der Waals surface area (Å²) in [6.07, 6.45) is 0. The molecule has 2 heterocycles. The maximum Gasteiger partial charge on any atom is 0.240 e. The standard InChI is InChI=1S/C23H25ClN4O2S/c1-2-30-21-6-4-3-5-20(21)28-13-11-27(12-14-28)15-22(29)26-23-25-19(16-31-23)17-7-9-18(24)10-8-17/h3-10,16H,2,11-15H2,1H3,(H,25,26,29). The molecular weight excluding hydrogens is 432 g/mol. The molecule has 1 aliphatic heterocycles. The Morgan fingerprint density at radius 1 is 1.13 bits per heavy atom. The van der Waals surface area contributed by atoms with Crippen molar-refractivity contribution >= 4 is 39.7 Å². The smallest absolute Gasteiger partial charge is 0.240 e. The third-order valence-electron chi connectivity index (χ3n) is 5.14. The molecule has 0 radical (unpaired) electrons. The number of ether oxygens (including phenoxy) is 1. The van der Waals surface area contributed by atoms with Gasteiger partial charge in [-0.3, -0.25) is 9.69 Å². The van der Waals surface area contributed by atoms with Crippen molar-refractivity contribution in [3.05, 3.63) is 58.9 Å². The monoisotopic (exact) mass is 456 g/mol. The molecule has 1 N–H and O–H groups in total. The van der Waals surface area contributed by atoms with Gasteiger partial charge in [0, 0.05) is 42.1 Å². The first-order chi connectivity index (χ1) is 15.1. The van der Waals surface area contributed by atoms with Gasteiger partial charge in [-0.2, -0.15) is 0 Å². The van der Waals surface area contributed by atoms with Gasteiger partial charge in [0.15, 0.2) is 5.13 Å². The number of carbonyl (C=O) groups excluding carboxylic acids is 1. The third kappa shape index (κ3) is 5.55. The molecule has 162 valence electrons. The van der Waals surface area contributed by atoms with Crippen LogP contribution in [0.2, 0.25) is 5.02 Å². The molecule has 1 saturated heterocycles. The highest BCUT2D eigenvalue weighted by atomic mass is 35.5. The summed E-state index contributed by atoms with van der Waals surface area (Å²) in [5.41, 5.74) is 2.93. The summed E-state index contributed by atoms with van der Waals surface area (Å²) in [6, 6.07) is 15.6. The number of thiazole rings is 1. The van der Waals surface area contributed by atoms with E-state index in [0.717, 1.165) is 48.9 Å². The zero-order chi connectivity index (χ0) is 21.6. The minimum atomic E-state index is -0.0415. The van der Waals surface area contributed by atoms with E-state index >= 15 is 0 Å². The lowest BCUT2D eigenvalue weighted by Crippen LogP contribution is -2.48. The van der Waals surface area contributed by atoms with Crippen LogP contribution in [0.5, 0.6) is 5.75 Å². The average Bonchev–Trinajstić information content (AvgIpc) is 3.24. The summed E-state index contributed by atoms with van der Waals surface area (Å²) in [5, 5.41) is 6.16. The number of hydrogen-bond acceptors (Lipinski definition) is 6. The number of piperazine rings is 1. The molecule has 1 fully saturated rings. The Kier molecular flexibility index (Phi) is 7.06. The number of rotatable bonds is 7. The summed E-state index contributed by atoms with van der Waals surface area (Å²) in [4.78, 5) is 21.5. The van der Waals surface area contributed by atoms with Gasteiger partial charge in [-0.15, -0.1) is 11.3 Å². The summed E-state index contributed by atoms with van der Waals surface area (Å²) >= 11 is 7.37. The van der Waals surface area contributed by atoms with Crippen LogP contribution in [-0.2, 0) is 4.79 Å². The second-order valence-corrected chi connectivity index (χ2v) is 8.55. The van der Waals surface area contributed by atoms with Gasteiger partial charge < -0.3 is 15.0 Å². The fourth-order valence-corrected chi connectivity index (χ4v) is 4.45. The van der Waals surface area contributed by atoms with Crippen molar-refractivity contribution in [3.8, 4) is 17.0 Å². The van der Waals surface area contributed by atoms with Crippen molar-refractivity contribution in [2.24, 2.45) is 0 Å². The molecule has 0 spiro atoms. The summed E-state index contributed by atoms with van der Waals surface area (Å²) in [7, 11) is 0. The second kappa shape index (κ2) is 10.1. The minimum Gasteiger partial charge on any atom is -0.492 e. The van der Waals surface area contributed by atoms with Gasteiger partial charge in [0.1, 0.15) is 5.75 Å². The van der Waals surface area contributed by atoms with Gasteiger partial charge >= 0.3 is 0 Å². The highest BCUT2D eigenvalue weighted by molar-refractivity contribution is 7.14. The first-order valence-electron chi connectivity index (χ1n) is 10.3. The number of carbonyl (C=O) groups is 1. The number of halogens is 1. The molecule has 1 aromatic heterocycles. The number of nitrogens with one attached hydrogen (secondary N) is 1. The van der Waals surface area contributed by atoms with Crippen LogP contribution in [0.3, 0.4) is 0 Å². The fraction of sp³-hybridized carbons (Fsp3) is 0.304. The predicted octanol–water partition coefficient (Wildman–Crippen LogP) is 4.62. The highest BCUT2D eigenvalue weighted by Crippen LogP contribution is 2.29. The Morgan fingerprint density at radius 2 is 1.87 bits per heavy atom. The molecule has 1 amide bonds. The number of para-hydroxylation sites is 2. The summed E-state index contributed by atoms with van der Waals surface area (Å²) in [6.45, 7) is 6.35. The van der Waals surface area contributed by atoms with E-state index in [0.29, 0.717) is 23.3 Å². The first-order valence-corrected chi connectivity index (χ1v) is 11.6. The van der Waals surface area contributed by atoms with Crippen molar-refractivity contribution in [1.29, 1.82) is 0 Å². The lowest BCUT2D eigenvalue weighted by atomic mass is 10.2. The molecule has 0 atom stereocenters. The van der Waals surface area contributed by atoms with Gasteiger partial charge in [-0.1, -0.05) is 35.9 Å². The molecule has 4 rings (SSSR count). The topological polar surface area (TPSA) is 57.7 Å². The Bertz CT molecular complexity index is 1020. The van der Waals surface area contributed by atoms with Gasteiger partial charge in [0.05, 0.1) is 24.5 Å². The minimum absolute atomic E-state index is 0.0415. The maximum atomic E-state index is 12.5. The zero-order valence-electron chi connectivity index (χ0n) is 17.4. The van der Waals surface area contributed by atoms with Crippen LogP contribution in [0.1, 0.15) is 6.92 Å². The quantitative estimate of drug-likeness (QED) is 0.562. The Balaban J connectivity index is 1.28. The highest BCUT2D eigenvalue weighted by Gasteiger charge is 2.21. The number of nitrogens with zero attached hydrogens (tertiary/aromatic N) is 3. The molecule has 0 bridgehead atoms. The van der Waals surface area contributed by atoms with Crippen LogP contribution in [0.4, 0.5) is 10.8 Å². The van der Waals surface area contributed by atoms with E-state index in [4.69, 9.17) is 16.3 Å². The zero-order valence-corrected chi connectivity index (χ0v) is 19.0. The third-order valence-corrected chi connectivity index (χ3v) is 6.15. The number of amides is 1. The number of aromatic nitrogens is 1. The number of anilines is 2. The van der Waals surface area contributed by atoms with Gasteiger partial charge in [0.2, 0.25) is 5.91 Å². The van der Waals surface area contributed by atoms with Crippen LogP contribution in [-0.4, -0.2) is 55.1 Å². The first kappa shape index (κ1) is 21.6. The van der Waals surface area contributed by atoms with Crippen LogP contribution in [0.25, 0.3) is 11.3 Å². The molecule has 6 nitrogen and oxygen atoms in total. The van der Waals surface area contributed by atoms with Crippen LogP contribution in [0, 0.1) is 0 Å². The van der Waals surface area contributed by atoms with Crippen molar-refractivity contribution in [3.63, 3.8) is 0 Å². The number of benzene rings is 2. The largest absolute Gasteiger partial charge is 0.492 e. The van der Waals surface area contributed by atoms with Crippen LogP contribution in [0.15, 0.2) is 53.9 Å². The maximum absolute atomic E-state index is 12.5. The van der Waals surface area contributed by atoms with Crippen molar-refractivity contribution in [2.75, 3.05) is 49.5 Å². The molecule has 8 heteroatoms. The van der Waals surface area contributed by atoms with Crippen LogP contribution < -0.4 is 15.0 Å². The molecule has 2 aromatic carbocycles. The van der Waals surface area contributed by atoms with Crippen LogP contribution >= 0.6 is 22.9 Å². The van der Waals surface area contributed by atoms with Crippen molar-refractivity contribution in [2.45, 2.75) is 6.92 Å². The Hall–Kier alpha value is -2.61. The average molecular weight is 457 g/mol. The molecular formula is C23H25ClN4O2S. The normalized spacial score (nSPS) is 14.5. The lowest BCUT2D eigenvalue weighted by molar-refractivity contribution is -0.117. The Morgan fingerprint density at radius 3 is 2.61 bits per heavy atom. The number of hydrogen-bond donors (Lipinski definition) is 1. The van der Waals surface area contributed by atoms with E-state index in [1.807, 2.05) is 54.8 Å². The molecule has 1 aliphatic rings. The fourth-order valence-electron chi connectivity index (χ4n) is 3.59. The molecule has 31 heavy (non-hydrogen) atoms.